The number of rotatable bonds is 10. The summed E-state index contributed by atoms with van der Waals surface area (Å²) in [5, 5.41) is 0. The Bertz CT molecular complexity index is 360. The van der Waals surface area contributed by atoms with Gasteiger partial charge in [0.25, 0.3) is 0 Å². The first-order valence-corrected chi connectivity index (χ1v) is 7.88. The summed E-state index contributed by atoms with van der Waals surface area (Å²) in [4.78, 5) is 4.88. The smallest absolute Gasteiger partial charge is 0.122 e. The first-order chi connectivity index (χ1) is 9.65. The fourth-order valence-corrected chi connectivity index (χ4v) is 2.65. The van der Waals surface area contributed by atoms with Crippen molar-refractivity contribution < 1.29 is 4.42 Å². The number of nitrogens with zero attached hydrogens (tertiary/aromatic N) is 2. The first kappa shape index (κ1) is 17.2. The molecule has 0 saturated heterocycles. The van der Waals surface area contributed by atoms with Crippen molar-refractivity contribution >= 4 is 0 Å². The maximum Gasteiger partial charge on any atom is 0.122 e. The van der Waals surface area contributed by atoms with E-state index in [-0.39, 0.29) is 6.04 Å². The molecule has 0 amide bonds. The lowest BCUT2D eigenvalue weighted by atomic mass is 10.1. The highest BCUT2D eigenvalue weighted by Gasteiger charge is 2.20. The zero-order valence-corrected chi connectivity index (χ0v) is 13.6. The molecule has 1 heterocycles. The van der Waals surface area contributed by atoms with Gasteiger partial charge in [-0.05, 0) is 51.7 Å². The van der Waals surface area contributed by atoms with Gasteiger partial charge in [-0.25, -0.2) is 0 Å². The molecule has 4 nitrogen and oxygen atoms in total. The second-order valence-corrected chi connectivity index (χ2v) is 5.21. The van der Waals surface area contributed by atoms with E-state index in [1.807, 2.05) is 13.0 Å². The third kappa shape index (κ3) is 4.93. The van der Waals surface area contributed by atoms with Gasteiger partial charge in [-0.2, -0.15) is 0 Å². The van der Waals surface area contributed by atoms with Gasteiger partial charge in [0, 0.05) is 13.1 Å². The molecule has 1 atom stereocenters. The Hall–Kier alpha value is -0.840. The van der Waals surface area contributed by atoms with Gasteiger partial charge in [0.15, 0.2) is 0 Å². The minimum Gasteiger partial charge on any atom is -0.465 e. The second-order valence-electron chi connectivity index (χ2n) is 5.21. The molecule has 0 bridgehead atoms. The third-order valence-electron chi connectivity index (χ3n) is 3.97. The lowest BCUT2D eigenvalue weighted by Crippen LogP contribution is -2.36. The predicted molar refractivity (Wildman–Crippen MR) is 84.9 cm³/mol. The molecule has 1 rings (SSSR count). The molecular formula is C16H31N3O. The van der Waals surface area contributed by atoms with E-state index in [4.69, 9.17) is 10.2 Å². The fraction of sp³-hybridized carbons (Fsp3) is 0.750. The van der Waals surface area contributed by atoms with Crippen LogP contribution in [0.15, 0.2) is 16.5 Å². The number of hydrogen-bond donors (Lipinski definition) is 1. The summed E-state index contributed by atoms with van der Waals surface area (Å²) in [6.45, 7) is 14.7. The monoisotopic (exact) mass is 281 g/mol. The van der Waals surface area contributed by atoms with Crippen molar-refractivity contribution in [1.82, 2.24) is 9.80 Å². The van der Waals surface area contributed by atoms with Crippen LogP contribution in [0.1, 0.15) is 44.8 Å². The number of furan rings is 1. The minimum atomic E-state index is 0.199. The van der Waals surface area contributed by atoms with Crippen LogP contribution in [0.2, 0.25) is 0 Å². The summed E-state index contributed by atoms with van der Waals surface area (Å²) >= 11 is 0. The molecule has 0 aliphatic rings. The van der Waals surface area contributed by atoms with Crippen LogP contribution in [0.4, 0.5) is 0 Å². The van der Waals surface area contributed by atoms with E-state index in [1.54, 1.807) is 0 Å². The van der Waals surface area contributed by atoms with E-state index in [0.29, 0.717) is 6.54 Å². The summed E-state index contributed by atoms with van der Waals surface area (Å²) in [5.41, 5.74) is 5.96. The second kappa shape index (κ2) is 9.16. The van der Waals surface area contributed by atoms with Crippen LogP contribution in [-0.2, 0) is 0 Å². The van der Waals surface area contributed by atoms with Crippen molar-refractivity contribution in [2.24, 2.45) is 5.73 Å². The Morgan fingerprint density at radius 2 is 1.80 bits per heavy atom. The first-order valence-electron chi connectivity index (χ1n) is 7.88. The molecule has 1 aromatic heterocycles. The van der Waals surface area contributed by atoms with Crippen LogP contribution in [0.25, 0.3) is 0 Å². The van der Waals surface area contributed by atoms with E-state index in [9.17, 15) is 0 Å². The third-order valence-corrected chi connectivity index (χ3v) is 3.97. The molecule has 0 saturated carbocycles. The molecule has 0 aromatic carbocycles. The Labute approximate surface area is 123 Å². The topological polar surface area (TPSA) is 45.6 Å². The van der Waals surface area contributed by atoms with Gasteiger partial charge < -0.3 is 15.1 Å². The highest BCUT2D eigenvalue weighted by molar-refractivity contribution is 5.10. The lowest BCUT2D eigenvalue weighted by molar-refractivity contribution is 0.173. The predicted octanol–water partition coefficient (Wildman–Crippen LogP) is 2.64. The highest BCUT2D eigenvalue weighted by atomic mass is 16.3. The van der Waals surface area contributed by atoms with Gasteiger partial charge in [0.2, 0.25) is 0 Å². The maximum absolute atomic E-state index is 5.96. The highest BCUT2D eigenvalue weighted by Crippen LogP contribution is 2.22. The van der Waals surface area contributed by atoms with Crippen molar-refractivity contribution in [3.05, 3.63) is 23.7 Å². The van der Waals surface area contributed by atoms with Crippen LogP contribution in [0.5, 0.6) is 0 Å². The van der Waals surface area contributed by atoms with Crippen LogP contribution in [0, 0.1) is 6.92 Å². The average molecular weight is 281 g/mol. The van der Waals surface area contributed by atoms with E-state index in [1.165, 1.54) is 6.42 Å². The van der Waals surface area contributed by atoms with Crippen molar-refractivity contribution in [2.75, 3.05) is 39.3 Å². The molecule has 4 heteroatoms. The molecule has 0 spiro atoms. The summed E-state index contributed by atoms with van der Waals surface area (Å²) in [6, 6.07) is 4.27. The van der Waals surface area contributed by atoms with Gasteiger partial charge in [0.05, 0.1) is 6.04 Å². The molecular weight excluding hydrogens is 250 g/mol. The number of likely N-dealkylation sites (N-methyl/N-ethyl adjacent to an activating group) is 1. The molecule has 0 radical (unpaired) electrons. The zero-order chi connectivity index (χ0) is 15.0. The number of nitrogens with two attached hydrogens (primary N) is 1. The van der Waals surface area contributed by atoms with Gasteiger partial charge in [0.1, 0.15) is 11.5 Å². The SMILES string of the molecule is CCN(CC)CCCN(CC)C(CN)c1ccc(C)o1. The molecule has 20 heavy (non-hydrogen) atoms. The van der Waals surface area contributed by atoms with Crippen LogP contribution < -0.4 is 5.73 Å². The summed E-state index contributed by atoms with van der Waals surface area (Å²) < 4.78 is 5.76. The molecule has 1 aromatic rings. The average Bonchev–Trinajstić information content (AvgIpc) is 2.88. The van der Waals surface area contributed by atoms with Gasteiger partial charge in [-0.15, -0.1) is 0 Å². The molecule has 0 fully saturated rings. The van der Waals surface area contributed by atoms with Crippen molar-refractivity contribution in [2.45, 2.75) is 40.2 Å². The Kier molecular flexibility index (Phi) is 7.88. The standard InChI is InChI=1S/C16H31N3O/c1-5-18(6-2)11-8-12-19(7-3)15(13-17)16-10-9-14(4)20-16/h9-10,15H,5-8,11-13,17H2,1-4H3. The lowest BCUT2D eigenvalue weighted by Gasteiger charge is -2.29. The van der Waals surface area contributed by atoms with E-state index >= 15 is 0 Å². The normalized spacial score (nSPS) is 13.3. The molecule has 0 aliphatic heterocycles. The fourth-order valence-electron chi connectivity index (χ4n) is 2.65. The summed E-state index contributed by atoms with van der Waals surface area (Å²) in [7, 11) is 0. The van der Waals surface area contributed by atoms with Crippen LogP contribution in [-0.4, -0.2) is 49.1 Å². The quantitative estimate of drug-likeness (QED) is 0.716. The van der Waals surface area contributed by atoms with Gasteiger partial charge >= 0.3 is 0 Å². The minimum absolute atomic E-state index is 0.199. The number of aryl methyl sites for hydroxylation is 1. The van der Waals surface area contributed by atoms with Crippen molar-refractivity contribution in [3.63, 3.8) is 0 Å². The van der Waals surface area contributed by atoms with Crippen LogP contribution >= 0.6 is 0 Å². The molecule has 2 N–H and O–H groups in total. The van der Waals surface area contributed by atoms with E-state index in [2.05, 4.69) is 36.6 Å². The summed E-state index contributed by atoms with van der Waals surface area (Å²) in [6.07, 6.45) is 1.17. The van der Waals surface area contributed by atoms with Crippen LogP contribution in [0.3, 0.4) is 0 Å². The molecule has 116 valence electrons. The van der Waals surface area contributed by atoms with Crippen molar-refractivity contribution in [1.29, 1.82) is 0 Å². The number of hydrogen-bond acceptors (Lipinski definition) is 4. The Balaban J connectivity index is 2.54. The Morgan fingerprint density at radius 1 is 1.10 bits per heavy atom. The molecule has 0 aliphatic carbocycles. The Morgan fingerprint density at radius 3 is 2.25 bits per heavy atom. The van der Waals surface area contributed by atoms with Gasteiger partial charge in [-0.3, -0.25) is 4.90 Å². The van der Waals surface area contributed by atoms with E-state index < -0.39 is 0 Å². The van der Waals surface area contributed by atoms with Gasteiger partial charge in [-0.1, -0.05) is 20.8 Å². The van der Waals surface area contributed by atoms with Crippen molar-refractivity contribution in [3.8, 4) is 0 Å². The summed E-state index contributed by atoms with van der Waals surface area (Å²) in [5.74, 6) is 1.95. The largest absolute Gasteiger partial charge is 0.465 e. The maximum atomic E-state index is 5.96. The zero-order valence-electron chi connectivity index (χ0n) is 13.6. The molecule has 1 unspecified atom stereocenters. The van der Waals surface area contributed by atoms with E-state index in [0.717, 1.165) is 44.2 Å².